The van der Waals surface area contributed by atoms with Crippen LogP contribution < -0.4 is 4.74 Å². The van der Waals surface area contributed by atoms with Crippen LogP contribution in [0.4, 0.5) is 0 Å². The van der Waals surface area contributed by atoms with E-state index in [1.54, 1.807) is 46.1 Å². The van der Waals surface area contributed by atoms with Crippen molar-refractivity contribution < 1.29 is 22.7 Å². The number of benzene rings is 1. The van der Waals surface area contributed by atoms with Gasteiger partial charge in [-0.2, -0.15) is 4.31 Å². The van der Waals surface area contributed by atoms with E-state index in [1.165, 1.54) is 10.4 Å². The molecule has 1 saturated heterocycles. The van der Waals surface area contributed by atoms with Crippen molar-refractivity contribution >= 4 is 16.0 Å². The second kappa shape index (κ2) is 8.68. The van der Waals surface area contributed by atoms with E-state index >= 15 is 0 Å². The number of carbonyl (C=O) groups is 1. The molecule has 1 aliphatic heterocycles. The fourth-order valence-corrected chi connectivity index (χ4v) is 5.42. The van der Waals surface area contributed by atoms with E-state index < -0.39 is 16.0 Å². The lowest BCUT2D eigenvalue weighted by molar-refractivity contribution is -0.137. The van der Waals surface area contributed by atoms with E-state index in [1.807, 2.05) is 0 Å². The molecule has 1 aromatic rings. The lowest BCUT2D eigenvalue weighted by atomic mass is 10.0. The molecule has 0 N–H and O–H groups in total. The van der Waals surface area contributed by atoms with E-state index in [-0.39, 0.29) is 6.04 Å². The van der Waals surface area contributed by atoms with E-state index in [4.69, 9.17) is 9.47 Å². The highest BCUT2D eigenvalue weighted by atomic mass is 32.2. The third kappa shape index (κ3) is 4.45. The fraction of sp³-hybridized carbons (Fsp3) is 0.526. The zero-order valence-corrected chi connectivity index (χ0v) is 16.6. The van der Waals surface area contributed by atoms with Crippen molar-refractivity contribution in [2.75, 3.05) is 20.3 Å². The summed E-state index contributed by atoms with van der Waals surface area (Å²) in [7, 11) is -2.12. The molecular formula is C19H27NO5S. The molecule has 0 spiro atoms. The first-order valence-corrected chi connectivity index (χ1v) is 10.3. The van der Waals surface area contributed by atoms with Crippen molar-refractivity contribution in [2.45, 2.75) is 51.0 Å². The molecule has 1 atom stereocenters. The first-order valence-electron chi connectivity index (χ1n) is 8.83. The predicted molar refractivity (Wildman–Crippen MR) is 99.8 cm³/mol. The monoisotopic (exact) mass is 381 g/mol. The number of rotatable bonds is 6. The van der Waals surface area contributed by atoms with Gasteiger partial charge in [-0.1, -0.05) is 12.5 Å². The SMILES string of the molecule is CCOC(=O)/C=C/C1CCCCN1S(=O)(=O)c1c(C)cc(OC)cc1C. The van der Waals surface area contributed by atoms with Crippen LogP contribution in [0.25, 0.3) is 0 Å². The van der Waals surface area contributed by atoms with Crippen LogP contribution in [0.3, 0.4) is 0 Å². The third-order valence-electron chi connectivity index (χ3n) is 4.48. The Bertz CT molecular complexity index is 762. The molecule has 1 heterocycles. The molecule has 2 rings (SSSR count). The molecule has 1 aliphatic rings. The number of piperidine rings is 1. The Hall–Kier alpha value is -1.86. The minimum absolute atomic E-state index is 0.292. The van der Waals surface area contributed by atoms with Gasteiger partial charge in [0, 0.05) is 18.7 Å². The van der Waals surface area contributed by atoms with Gasteiger partial charge in [0.2, 0.25) is 10.0 Å². The Morgan fingerprint density at radius 1 is 1.27 bits per heavy atom. The van der Waals surface area contributed by atoms with Gasteiger partial charge < -0.3 is 9.47 Å². The summed E-state index contributed by atoms with van der Waals surface area (Å²) in [4.78, 5) is 11.9. The minimum Gasteiger partial charge on any atom is -0.497 e. The molecule has 0 aliphatic carbocycles. The summed E-state index contributed by atoms with van der Waals surface area (Å²) in [6.45, 7) is 6.01. The molecule has 7 heteroatoms. The molecule has 1 aromatic carbocycles. The van der Waals surface area contributed by atoms with Crippen LogP contribution in [-0.2, 0) is 19.6 Å². The number of aryl methyl sites for hydroxylation is 2. The van der Waals surface area contributed by atoms with Gasteiger partial charge in [-0.05, 0) is 56.9 Å². The molecule has 0 saturated carbocycles. The number of sulfonamides is 1. The van der Waals surface area contributed by atoms with E-state index in [0.717, 1.165) is 12.8 Å². The molecule has 144 valence electrons. The number of hydrogen-bond donors (Lipinski definition) is 0. The predicted octanol–water partition coefficient (Wildman–Crippen LogP) is 2.97. The summed E-state index contributed by atoms with van der Waals surface area (Å²) in [6.07, 6.45) is 5.38. The molecule has 1 unspecified atom stereocenters. The fourth-order valence-electron chi connectivity index (χ4n) is 3.35. The first-order chi connectivity index (χ1) is 12.3. The summed E-state index contributed by atoms with van der Waals surface area (Å²) < 4.78 is 38.3. The van der Waals surface area contributed by atoms with Crippen molar-refractivity contribution in [3.05, 3.63) is 35.4 Å². The van der Waals surface area contributed by atoms with Crippen LogP contribution >= 0.6 is 0 Å². The van der Waals surface area contributed by atoms with Crippen molar-refractivity contribution in [3.8, 4) is 5.75 Å². The van der Waals surface area contributed by atoms with Crippen LogP contribution in [0.1, 0.15) is 37.3 Å². The topological polar surface area (TPSA) is 72.9 Å². The van der Waals surface area contributed by atoms with Gasteiger partial charge in [0.1, 0.15) is 5.75 Å². The van der Waals surface area contributed by atoms with E-state index in [0.29, 0.717) is 41.3 Å². The zero-order valence-electron chi connectivity index (χ0n) is 15.8. The maximum atomic E-state index is 13.3. The number of nitrogens with zero attached hydrogens (tertiary/aromatic N) is 1. The second-order valence-electron chi connectivity index (χ2n) is 6.38. The van der Waals surface area contributed by atoms with Crippen LogP contribution in [0.2, 0.25) is 0 Å². The summed E-state index contributed by atoms with van der Waals surface area (Å²) in [5.41, 5.74) is 1.31. The highest BCUT2D eigenvalue weighted by Crippen LogP contribution is 2.32. The van der Waals surface area contributed by atoms with Gasteiger partial charge in [-0.15, -0.1) is 0 Å². The Labute approximate surface area is 155 Å². The molecule has 26 heavy (non-hydrogen) atoms. The maximum absolute atomic E-state index is 13.3. The standard InChI is InChI=1S/C19H27NO5S/c1-5-25-18(21)10-9-16-8-6-7-11-20(16)26(22,23)19-14(2)12-17(24-4)13-15(19)3/h9-10,12-13,16H,5-8,11H2,1-4H3/b10-9+. The van der Waals surface area contributed by atoms with Crippen LogP contribution in [0, 0.1) is 13.8 Å². The number of carbonyl (C=O) groups excluding carboxylic acids is 1. The van der Waals surface area contributed by atoms with Gasteiger partial charge >= 0.3 is 5.97 Å². The smallest absolute Gasteiger partial charge is 0.330 e. The maximum Gasteiger partial charge on any atom is 0.330 e. The molecule has 0 radical (unpaired) electrons. The number of methoxy groups -OCH3 is 1. The van der Waals surface area contributed by atoms with Crippen molar-refractivity contribution in [2.24, 2.45) is 0 Å². The minimum atomic E-state index is -3.68. The second-order valence-corrected chi connectivity index (χ2v) is 8.21. The third-order valence-corrected chi connectivity index (χ3v) is 6.71. The lowest BCUT2D eigenvalue weighted by Crippen LogP contribution is -2.43. The summed E-state index contributed by atoms with van der Waals surface area (Å²) in [5, 5.41) is 0. The molecule has 0 amide bonds. The zero-order chi connectivity index (χ0) is 19.3. The quantitative estimate of drug-likeness (QED) is 0.559. The molecule has 0 bridgehead atoms. The van der Waals surface area contributed by atoms with Gasteiger partial charge in [-0.3, -0.25) is 0 Å². The molecule has 0 aromatic heterocycles. The molecular weight excluding hydrogens is 354 g/mol. The molecule has 1 fully saturated rings. The van der Waals surface area contributed by atoms with Gasteiger partial charge in [0.15, 0.2) is 0 Å². The van der Waals surface area contributed by atoms with Crippen LogP contribution in [-0.4, -0.2) is 45.0 Å². The highest BCUT2D eigenvalue weighted by molar-refractivity contribution is 7.89. The van der Waals surface area contributed by atoms with Gasteiger partial charge in [0.25, 0.3) is 0 Å². The Morgan fingerprint density at radius 3 is 2.50 bits per heavy atom. The number of ether oxygens (including phenoxy) is 2. The first kappa shape index (κ1) is 20.5. The molecule has 6 nitrogen and oxygen atoms in total. The Kier molecular flexibility index (Phi) is 6.83. The highest BCUT2D eigenvalue weighted by Gasteiger charge is 2.34. The van der Waals surface area contributed by atoms with Gasteiger partial charge in [-0.25, -0.2) is 13.2 Å². The average Bonchev–Trinajstić information content (AvgIpc) is 2.59. The van der Waals surface area contributed by atoms with Crippen molar-refractivity contribution in [3.63, 3.8) is 0 Å². The Balaban J connectivity index is 2.38. The summed E-state index contributed by atoms with van der Waals surface area (Å²) in [6, 6.07) is 3.11. The van der Waals surface area contributed by atoms with Crippen LogP contribution in [0.15, 0.2) is 29.2 Å². The van der Waals surface area contributed by atoms with E-state index in [9.17, 15) is 13.2 Å². The van der Waals surface area contributed by atoms with Gasteiger partial charge in [0.05, 0.1) is 18.6 Å². The van der Waals surface area contributed by atoms with Crippen molar-refractivity contribution in [1.82, 2.24) is 4.31 Å². The Morgan fingerprint density at radius 2 is 1.92 bits per heavy atom. The number of esters is 1. The summed E-state index contributed by atoms with van der Waals surface area (Å²) in [5.74, 6) is 0.184. The van der Waals surface area contributed by atoms with E-state index in [2.05, 4.69) is 0 Å². The largest absolute Gasteiger partial charge is 0.497 e. The summed E-state index contributed by atoms with van der Waals surface area (Å²) >= 11 is 0. The normalized spacial score (nSPS) is 18.8. The van der Waals surface area contributed by atoms with Crippen LogP contribution in [0.5, 0.6) is 5.75 Å². The van der Waals surface area contributed by atoms with Crippen molar-refractivity contribution in [1.29, 1.82) is 0 Å². The lowest BCUT2D eigenvalue weighted by Gasteiger charge is -2.33. The average molecular weight is 381 g/mol. The number of hydrogen-bond acceptors (Lipinski definition) is 5.